The van der Waals surface area contributed by atoms with Crippen molar-refractivity contribution < 1.29 is 4.79 Å². The number of aromatic nitrogens is 4. The summed E-state index contributed by atoms with van der Waals surface area (Å²) in [6.45, 7) is 2.31. The molecule has 0 aliphatic carbocycles. The Morgan fingerprint density at radius 1 is 1.20 bits per heavy atom. The summed E-state index contributed by atoms with van der Waals surface area (Å²) in [5.41, 5.74) is 1.74. The number of hydrogen-bond donors (Lipinski definition) is 0. The van der Waals surface area contributed by atoms with Crippen LogP contribution in [0.2, 0.25) is 0 Å². The molecule has 1 aromatic carbocycles. The highest BCUT2D eigenvalue weighted by Gasteiger charge is 2.21. The summed E-state index contributed by atoms with van der Waals surface area (Å²) in [5, 5.41) is 5.39. The third-order valence-electron chi connectivity index (χ3n) is 4.58. The van der Waals surface area contributed by atoms with Crippen LogP contribution in [0.25, 0.3) is 16.7 Å². The lowest BCUT2D eigenvalue weighted by Crippen LogP contribution is -2.34. The van der Waals surface area contributed by atoms with E-state index in [1.54, 1.807) is 12.5 Å². The number of benzene rings is 1. The number of nitrogens with zero attached hydrogens (tertiary/aromatic N) is 6. The highest BCUT2D eigenvalue weighted by molar-refractivity contribution is 5.87. The van der Waals surface area contributed by atoms with Crippen molar-refractivity contribution in [3.05, 3.63) is 42.9 Å². The van der Waals surface area contributed by atoms with E-state index in [2.05, 4.69) is 20.0 Å². The van der Waals surface area contributed by atoms with Crippen molar-refractivity contribution in [2.45, 2.75) is 12.8 Å². The maximum absolute atomic E-state index is 11.8. The van der Waals surface area contributed by atoms with Crippen molar-refractivity contribution in [2.24, 2.45) is 0 Å². The molecule has 1 saturated heterocycles. The second kappa shape index (κ2) is 6.51. The Kier molecular flexibility index (Phi) is 4.05. The van der Waals surface area contributed by atoms with Crippen LogP contribution in [0.5, 0.6) is 0 Å². The number of likely N-dealkylation sites (tertiary alicyclic amines) is 1. The second-order valence-corrected chi connectivity index (χ2v) is 6.23. The number of para-hydroxylation sites is 1. The first-order chi connectivity index (χ1) is 12.2. The molecule has 4 rings (SSSR count). The van der Waals surface area contributed by atoms with Gasteiger partial charge in [-0.2, -0.15) is 5.10 Å². The zero-order valence-corrected chi connectivity index (χ0v) is 14.2. The number of carbonyl (C=O) groups excluding carboxylic acids is 1. The molecule has 0 spiro atoms. The molecule has 2 aromatic heterocycles. The van der Waals surface area contributed by atoms with E-state index in [1.807, 2.05) is 47.0 Å². The Bertz CT molecular complexity index is 891. The first kappa shape index (κ1) is 15.6. The number of rotatable bonds is 5. The van der Waals surface area contributed by atoms with Crippen LogP contribution in [0.4, 0.5) is 5.82 Å². The Morgan fingerprint density at radius 2 is 2.04 bits per heavy atom. The Hall–Kier alpha value is -2.96. The van der Waals surface area contributed by atoms with Crippen LogP contribution in [-0.4, -0.2) is 57.2 Å². The molecule has 1 aliphatic rings. The highest BCUT2D eigenvalue weighted by atomic mass is 16.2. The zero-order chi connectivity index (χ0) is 17.2. The van der Waals surface area contributed by atoms with Gasteiger partial charge >= 0.3 is 0 Å². The molecule has 0 radical (unpaired) electrons. The smallest absolute Gasteiger partial charge is 0.222 e. The minimum atomic E-state index is 0.248. The Morgan fingerprint density at radius 3 is 2.80 bits per heavy atom. The minimum absolute atomic E-state index is 0.248. The molecule has 1 amide bonds. The highest BCUT2D eigenvalue weighted by Crippen LogP contribution is 2.23. The van der Waals surface area contributed by atoms with Gasteiger partial charge in [0.1, 0.15) is 12.1 Å². The molecule has 7 nitrogen and oxygen atoms in total. The van der Waals surface area contributed by atoms with Gasteiger partial charge in [-0.25, -0.2) is 14.6 Å². The maximum Gasteiger partial charge on any atom is 0.222 e. The average molecular weight is 336 g/mol. The van der Waals surface area contributed by atoms with Crippen LogP contribution in [0, 0.1) is 0 Å². The number of fused-ring (bicyclic) bond motifs is 1. The summed E-state index contributed by atoms with van der Waals surface area (Å²) in [4.78, 5) is 24.6. The molecule has 0 atom stereocenters. The molecule has 0 saturated carbocycles. The molecular weight excluding hydrogens is 316 g/mol. The van der Waals surface area contributed by atoms with Crippen molar-refractivity contribution in [1.82, 2.24) is 24.6 Å². The van der Waals surface area contributed by atoms with Gasteiger partial charge < -0.3 is 9.80 Å². The van der Waals surface area contributed by atoms with E-state index in [0.29, 0.717) is 13.0 Å². The molecule has 0 bridgehead atoms. The molecular formula is C18H20N6O. The quantitative estimate of drug-likeness (QED) is 0.712. The minimum Gasteiger partial charge on any atom is -0.357 e. The van der Waals surface area contributed by atoms with Crippen molar-refractivity contribution in [1.29, 1.82) is 0 Å². The summed E-state index contributed by atoms with van der Waals surface area (Å²) < 4.78 is 1.82. The van der Waals surface area contributed by atoms with Gasteiger partial charge in [0.25, 0.3) is 0 Å². The molecule has 7 heteroatoms. The number of carbonyl (C=O) groups is 1. The fraction of sp³-hybridized carbons (Fsp3) is 0.333. The maximum atomic E-state index is 11.8. The fourth-order valence-electron chi connectivity index (χ4n) is 3.21. The summed E-state index contributed by atoms with van der Waals surface area (Å²) in [7, 11) is 1.99. The van der Waals surface area contributed by atoms with Crippen molar-refractivity contribution in [2.75, 3.05) is 31.6 Å². The van der Waals surface area contributed by atoms with Crippen LogP contribution in [0.15, 0.2) is 42.9 Å². The van der Waals surface area contributed by atoms with Crippen LogP contribution in [-0.2, 0) is 4.79 Å². The molecule has 3 aromatic rings. The van der Waals surface area contributed by atoms with Crippen LogP contribution < -0.4 is 4.90 Å². The zero-order valence-electron chi connectivity index (χ0n) is 14.2. The van der Waals surface area contributed by atoms with Crippen molar-refractivity contribution >= 4 is 22.8 Å². The topological polar surface area (TPSA) is 67.2 Å². The van der Waals surface area contributed by atoms with Gasteiger partial charge in [0.2, 0.25) is 5.91 Å². The molecule has 1 aliphatic heterocycles. The lowest BCUT2D eigenvalue weighted by atomic mass is 10.3. The molecule has 3 heterocycles. The molecule has 128 valence electrons. The monoisotopic (exact) mass is 336 g/mol. The van der Waals surface area contributed by atoms with Gasteiger partial charge in [0.05, 0.1) is 17.3 Å². The summed E-state index contributed by atoms with van der Waals surface area (Å²) in [6, 6.07) is 9.92. The predicted molar refractivity (Wildman–Crippen MR) is 95.7 cm³/mol. The second-order valence-electron chi connectivity index (χ2n) is 6.23. The lowest BCUT2D eigenvalue weighted by Gasteiger charge is -2.22. The SMILES string of the molecule is CN(CCN1CCCC1=O)c1ncnc2c1cnn2-c1ccccc1. The standard InChI is InChI=1S/C18H20N6O/c1-22(10-11-23-9-5-8-16(23)25)17-15-12-21-24(18(15)20-13-19-17)14-6-3-2-4-7-14/h2-4,6-7,12-13H,5,8-11H2,1H3. The van der Waals surface area contributed by atoms with Gasteiger partial charge in [-0.05, 0) is 18.6 Å². The summed E-state index contributed by atoms with van der Waals surface area (Å²) in [5.74, 6) is 1.08. The summed E-state index contributed by atoms with van der Waals surface area (Å²) in [6.07, 6.45) is 5.00. The van der Waals surface area contributed by atoms with Gasteiger partial charge in [-0.3, -0.25) is 4.79 Å². The third-order valence-corrected chi connectivity index (χ3v) is 4.58. The van der Waals surface area contributed by atoms with E-state index < -0.39 is 0 Å². The van der Waals surface area contributed by atoms with Gasteiger partial charge in [-0.1, -0.05) is 18.2 Å². The Balaban J connectivity index is 1.60. The van der Waals surface area contributed by atoms with E-state index in [4.69, 9.17) is 0 Å². The predicted octanol–water partition coefficient (Wildman–Crippen LogP) is 1.87. The molecule has 25 heavy (non-hydrogen) atoms. The molecule has 1 fully saturated rings. The van der Waals surface area contributed by atoms with E-state index in [-0.39, 0.29) is 5.91 Å². The van der Waals surface area contributed by atoms with Gasteiger partial charge in [0, 0.05) is 33.1 Å². The number of likely N-dealkylation sites (N-methyl/N-ethyl adjacent to an activating group) is 1. The van der Waals surface area contributed by atoms with Crippen molar-refractivity contribution in [3.63, 3.8) is 0 Å². The fourth-order valence-corrected chi connectivity index (χ4v) is 3.21. The largest absolute Gasteiger partial charge is 0.357 e. The first-order valence-electron chi connectivity index (χ1n) is 8.47. The lowest BCUT2D eigenvalue weighted by molar-refractivity contribution is -0.127. The molecule has 0 unspecified atom stereocenters. The van der Waals surface area contributed by atoms with Crippen molar-refractivity contribution in [3.8, 4) is 5.69 Å². The average Bonchev–Trinajstić information content (AvgIpc) is 3.26. The number of hydrogen-bond acceptors (Lipinski definition) is 5. The van der Waals surface area contributed by atoms with Crippen LogP contribution in [0.1, 0.15) is 12.8 Å². The van der Waals surface area contributed by atoms with E-state index >= 15 is 0 Å². The Labute approximate surface area is 145 Å². The first-order valence-corrected chi connectivity index (χ1v) is 8.47. The number of anilines is 1. The molecule has 0 N–H and O–H groups in total. The van der Waals surface area contributed by atoms with E-state index in [0.717, 1.165) is 42.0 Å². The van der Waals surface area contributed by atoms with E-state index in [9.17, 15) is 4.79 Å². The van der Waals surface area contributed by atoms with Crippen LogP contribution in [0.3, 0.4) is 0 Å². The third kappa shape index (κ3) is 2.93. The summed E-state index contributed by atoms with van der Waals surface area (Å²) >= 11 is 0. The van der Waals surface area contributed by atoms with E-state index in [1.165, 1.54) is 0 Å². The van der Waals surface area contributed by atoms with Gasteiger partial charge in [-0.15, -0.1) is 0 Å². The van der Waals surface area contributed by atoms with Crippen LogP contribution >= 0.6 is 0 Å². The van der Waals surface area contributed by atoms with Gasteiger partial charge in [0.15, 0.2) is 5.65 Å². The normalized spacial score (nSPS) is 14.4. The number of amides is 1.